The predicted molar refractivity (Wildman–Crippen MR) is 83.3 cm³/mol. The maximum atomic E-state index is 12.7. The SMILES string of the molecule is CC(O)C1CCCCN1C(=O)C1CC1c1ccc(Cl)cc1. The average Bonchev–Trinajstić information content (AvgIpc) is 3.27. The Bertz CT molecular complexity index is 514. The van der Waals surface area contributed by atoms with Crippen molar-refractivity contribution in [1.82, 2.24) is 4.90 Å². The van der Waals surface area contributed by atoms with Crippen LogP contribution in [0.3, 0.4) is 0 Å². The van der Waals surface area contributed by atoms with Gasteiger partial charge in [0.1, 0.15) is 0 Å². The molecule has 3 nitrogen and oxygen atoms in total. The van der Waals surface area contributed by atoms with Gasteiger partial charge in [0.15, 0.2) is 0 Å². The minimum absolute atomic E-state index is 0.00211. The van der Waals surface area contributed by atoms with Gasteiger partial charge >= 0.3 is 0 Å². The zero-order valence-electron chi connectivity index (χ0n) is 12.3. The van der Waals surface area contributed by atoms with Crippen molar-refractivity contribution in [3.63, 3.8) is 0 Å². The highest BCUT2D eigenvalue weighted by Gasteiger charge is 2.47. The third kappa shape index (κ3) is 3.09. The van der Waals surface area contributed by atoms with Gasteiger partial charge in [-0.2, -0.15) is 0 Å². The molecule has 0 spiro atoms. The van der Waals surface area contributed by atoms with Gasteiger partial charge in [-0.3, -0.25) is 4.79 Å². The molecule has 4 atom stereocenters. The first-order valence-electron chi connectivity index (χ1n) is 7.82. The van der Waals surface area contributed by atoms with E-state index in [-0.39, 0.29) is 17.9 Å². The van der Waals surface area contributed by atoms with Crippen LogP contribution in [0, 0.1) is 5.92 Å². The molecule has 2 aliphatic rings. The summed E-state index contributed by atoms with van der Waals surface area (Å²) in [6.07, 6.45) is 3.55. The molecule has 1 saturated heterocycles. The topological polar surface area (TPSA) is 40.5 Å². The van der Waals surface area contributed by atoms with Crippen molar-refractivity contribution >= 4 is 17.5 Å². The summed E-state index contributed by atoms with van der Waals surface area (Å²) in [5.74, 6) is 0.636. The molecule has 0 radical (unpaired) electrons. The summed E-state index contributed by atoms with van der Waals surface area (Å²) < 4.78 is 0. The molecule has 1 aliphatic heterocycles. The van der Waals surface area contributed by atoms with E-state index in [9.17, 15) is 9.90 Å². The highest BCUT2D eigenvalue weighted by molar-refractivity contribution is 6.30. The first-order chi connectivity index (χ1) is 10.1. The maximum absolute atomic E-state index is 12.7. The normalized spacial score (nSPS) is 30.0. The van der Waals surface area contributed by atoms with Gasteiger partial charge in [0.25, 0.3) is 0 Å². The highest BCUT2D eigenvalue weighted by atomic mass is 35.5. The molecular weight excluding hydrogens is 286 g/mol. The molecule has 1 amide bonds. The second-order valence-corrected chi connectivity index (χ2v) is 6.77. The van der Waals surface area contributed by atoms with Crippen molar-refractivity contribution in [2.45, 2.75) is 50.7 Å². The number of benzene rings is 1. The molecule has 1 aromatic rings. The quantitative estimate of drug-likeness (QED) is 0.931. The van der Waals surface area contributed by atoms with Crippen LogP contribution in [0.1, 0.15) is 44.1 Å². The average molecular weight is 308 g/mol. The van der Waals surface area contributed by atoms with E-state index in [4.69, 9.17) is 11.6 Å². The van der Waals surface area contributed by atoms with Crippen LogP contribution >= 0.6 is 11.6 Å². The second-order valence-electron chi connectivity index (χ2n) is 6.34. The number of halogens is 1. The standard InChI is InChI=1S/C17H22ClNO2/c1-11(20)16-4-2-3-9-19(16)17(21)15-10-14(15)12-5-7-13(18)8-6-12/h5-8,11,14-16,20H,2-4,9-10H2,1H3. The van der Waals surface area contributed by atoms with Gasteiger partial charge in [-0.1, -0.05) is 23.7 Å². The number of carbonyl (C=O) groups excluding carboxylic acids is 1. The van der Waals surface area contributed by atoms with Gasteiger partial charge in [-0.05, 0) is 56.2 Å². The van der Waals surface area contributed by atoms with Gasteiger partial charge in [0.05, 0.1) is 12.1 Å². The maximum Gasteiger partial charge on any atom is 0.226 e. The number of hydrogen-bond acceptors (Lipinski definition) is 2. The summed E-state index contributed by atoms with van der Waals surface area (Å²) in [5.41, 5.74) is 1.20. The molecule has 114 valence electrons. The summed E-state index contributed by atoms with van der Waals surface area (Å²) in [4.78, 5) is 14.6. The molecule has 21 heavy (non-hydrogen) atoms. The number of aliphatic hydroxyl groups excluding tert-OH is 1. The zero-order valence-corrected chi connectivity index (χ0v) is 13.1. The van der Waals surface area contributed by atoms with Crippen molar-refractivity contribution in [2.24, 2.45) is 5.92 Å². The number of nitrogens with zero attached hydrogens (tertiary/aromatic N) is 1. The summed E-state index contributed by atoms with van der Waals surface area (Å²) >= 11 is 5.91. The van der Waals surface area contributed by atoms with Crippen molar-refractivity contribution in [1.29, 1.82) is 0 Å². The van der Waals surface area contributed by atoms with Crippen LogP contribution in [0.15, 0.2) is 24.3 Å². The lowest BCUT2D eigenvalue weighted by Crippen LogP contribution is -2.49. The first-order valence-corrected chi connectivity index (χ1v) is 8.19. The van der Waals surface area contributed by atoms with Gasteiger partial charge in [0, 0.05) is 17.5 Å². The van der Waals surface area contributed by atoms with E-state index in [1.807, 2.05) is 29.2 Å². The van der Waals surface area contributed by atoms with Crippen LogP contribution < -0.4 is 0 Å². The second kappa shape index (κ2) is 5.98. The van der Waals surface area contributed by atoms with E-state index in [2.05, 4.69) is 0 Å². The summed E-state index contributed by atoms with van der Waals surface area (Å²) in [7, 11) is 0. The monoisotopic (exact) mass is 307 g/mol. The minimum Gasteiger partial charge on any atom is -0.391 e. The molecule has 0 bridgehead atoms. The fourth-order valence-corrected chi connectivity index (χ4v) is 3.62. The number of rotatable bonds is 3. The van der Waals surface area contributed by atoms with Gasteiger partial charge in [0.2, 0.25) is 5.91 Å². The van der Waals surface area contributed by atoms with Crippen LogP contribution in [0.2, 0.25) is 5.02 Å². The summed E-state index contributed by atoms with van der Waals surface area (Å²) in [5, 5.41) is 10.6. The fraction of sp³-hybridized carbons (Fsp3) is 0.588. The van der Waals surface area contributed by atoms with Crippen molar-refractivity contribution < 1.29 is 9.90 Å². The summed E-state index contributed by atoms with van der Waals surface area (Å²) in [6.45, 7) is 2.58. The molecule has 1 aliphatic carbocycles. The van der Waals surface area contributed by atoms with Crippen molar-refractivity contribution in [3.8, 4) is 0 Å². The molecule has 1 heterocycles. The third-order valence-electron chi connectivity index (χ3n) is 4.79. The van der Waals surface area contributed by atoms with E-state index >= 15 is 0 Å². The molecule has 1 aromatic carbocycles. The van der Waals surface area contributed by atoms with Crippen LogP contribution in [-0.4, -0.2) is 34.6 Å². The smallest absolute Gasteiger partial charge is 0.226 e. The van der Waals surface area contributed by atoms with Gasteiger partial charge < -0.3 is 10.0 Å². The molecule has 2 fully saturated rings. The number of carbonyl (C=O) groups is 1. The Kier molecular flexibility index (Phi) is 4.23. The lowest BCUT2D eigenvalue weighted by atomic mass is 9.97. The molecular formula is C17H22ClNO2. The number of piperidine rings is 1. The summed E-state index contributed by atoms with van der Waals surface area (Å²) in [6, 6.07) is 7.80. The fourth-order valence-electron chi connectivity index (χ4n) is 3.49. The molecule has 0 aromatic heterocycles. The first kappa shape index (κ1) is 14.9. The zero-order chi connectivity index (χ0) is 15.0. The van der Waals surface area contributed by atoms with Gasteiger partial charge in [-0.25, -0.2) is 0 Å². The Hall–Kier alpha value is -1.06. The lowest BCUT2D eigenvalue weighted by molar-refractivity contribution is -0.139. The lowest BCUT2D eigenvalue weighted by Gasteiger charge is -2.37. The largest absolute Gasteiger partial charge is 0.391 e. The van der Waals surface area contributed by atoms with Crippen molar-refractivity contribution in [3.05, 3.63) is 34.9 Å². The molecule has 4 unspecified atom stereocenters. The predicted octanol–water partition coefficient (Wildman–Crippen LogP) is 3.21. The Morgan fingerprint density at radius 2 is 2.05 bits per heavy atom. The Morgan fingerprint density at radius 1 is 1.33 bits per heavy atom. The van der Waals surface area contributed by atoms with Crippen LogP contribution in [-0.2, 0) is 4.79 Å². The highest BCUT2D eigenvalue weighted by Crippen LogP contribution is 2.49. The number of amides is 1. The van der Waals surface area contributed by atoms with E-state index in [1.165, 1.54) is 5.56 Å². The van der Waals surface area contributed by atoms with E-state index in [1.54, 1.807) is 6.92 Å². The minimum atomic E-state index is -0.443. The Morgan fingerprint density at radius 3 is 2.71 bits per heavy atom. The van der Waals surface area contributed by atoms with E-state index < -0.39 is 6.10 Å². The van der Waals surface area contributed by atoms with E-state index in [0.29, 0.717) is 5.92 Å². The number of likely N-dealkylation sites (tertiary alicyclic amines) is 1. The molecule has 1 N–H and O–H groups in total. The number of hydrogen-bond donors (Lipinski definition) is 1. The van der Waals surface area contributed by atoms with Gasteiger partial charge in [-0.15, -0.1) is 0 Å². The van der Waals surface area contributed by atoms with E-state index in [0.717, 1.165) is 37.3 Å². The van der Waals surface area contributed by atoms with Crippen LogP contribution in [0.25, 0.3) is 0 Å². The molecule has 3 rings (SSSR count). The van der Waals surface area contributed by atoms with Crippen LogP contribution in [0.5, 0.6) is 0 Å². The Balaban J connectivity index is 1.67. The van der Waals surface area contributed by atoms with Crippen molar-refractivity contribution in [2.75, 3.05) is 6.54 Å². The Labute approximate surface area is 130 Å². The molecule has 1 saturated carbocycles. The third-order valence-corrected chi connectivity index (χ3v) is 5.05. The number of aliphatic hydroxyl groups is 1. The molecule has 4 heteroatoms. The van der Waals surface area contributed by atoms with Crippen LogP contribution in [0.4, 0.5) is 0 Å².